The molecule has 0 unspecified atom stereocenters. The minimum atomic E-state index is 0.620. The quantitative estimate of drug-likeness (QED) is 0.449. The summed E-state index contributed by atoms with van der Waals surface area (Å²) in [6.45, 7) is 0. The zero-order chi connectivity index (χ0) is 6.69. The molecule has 0 spiro atoms. The van der Waals surface area contributed by atoms with Crippen LogP contribution in [0.1, 0.15) is 25.7 Å². The Bertz CT molecular complexity index is 108. The molecule has 1 rings (SSSR count). The van der Waals surface area contributed by atoms with Crippen molar-refractivity contribution in [2.45, 2.75) is 31.7 Å². The average molecular weight is 161 g/mol. The Morgan fingerprint density at radius 2 is 2.00 bits per heavy atom. The lowest BCUT2D eigenvalue weighted by Crippen LogP contribution is -2.27. The zero-order valence-electron chi connectivity index (χ0n) is 5.26. The van der Waals surface area contributed by atoms with Crippen LogP contribution in [0.5, 0.6) is 0 Å². The molecule has 52 valence electrons. The van der Waals surface area contributed by atoms with Gasteiger partial charge in [-0.05, 0) is 12.8 Å². The number of thiol groups is 1. The molecule has 1 aliphatic rings. The predicted octanol–water partition coefficient (Wildman–Crippen LogP) is 1.73. The smallest absolute Gasteiger partial charge is 0.130 e. The molecular weight excluding hydrogens is 150 g/mol. The van der Waals surface area contributed by atoms with E-state index in [9.17, 15) is 0 Å². The number of hydrogen-bond donors (Lipinski definition) is 2. The largest absolute Gasteiger partial charge is 0.368 e. The van der Waals surface area contributed by atoms with Gasteiger partial charge in [0.1, 0.15) is 4.32 Å². The van der Waals surface area contributed by atoms with E-state index in [0.717, 1.165) is 0 Å². The number of hydrogen-bond acceptors (Lipinski definition) is 1. The Morgan fingerprint density at radius 1 is 1.44 bits per heavy atom. The molecule has 1 N–H and O–H groups in total. The average Bonchev–Trinajstić information content (AvgIpc) is 2.15. The molecule has 1 nitrogen and oxygen atoms in total. The normalized spacial score (nSPS) is 20.1. The van der Waals surface area contributed by atoms with E-state index in [4.69, 9.17) is 12.2 Å². The second kappa shape index (κ2) is 3.42. The van der Waals surface area contributed by atoms with Crippen molar-refractivity contribution >= 4 is 29.2 Å². The van der Waals surface area contributed by atoms with Crippen LogP contribution in [0.3, 0.4) is 0 Å². The van der Waals surface area contributed by atoms with E-state index in [1.165, 1.54) is 25.7 Å². The van der Waals surface area contributed by atoms with Crippen LogP contribution < -0.4 is 5.32 Å². The molecule has 1 saturated carbocycles. The standard InChI is InChI=1S/C6H11NS2/c8-6(9)7-5-3-1-2-4-5/h5H,1-4H2,(H2,7,8,9). The second-order valence-corrected chi connectivity index (χ2v) is 3.59. The first kappa shape index (κ1) is 7.35. The number of rotatable bonds is 1. The first-order chi connectivity index (χ1) is 4.29. The lowest BCUT2D eigenvalue weighted by Gasteiger charge is -2.09. The van der Waals surface area contributed by atoms with E-state index >= 15 is 0 Å². The summed E-state index contributed by atoms with van der Waals surface area (Å²) >= 11 is 8.78. The summed E-state index contributed by atoms with van der Waals surface area (Å²) in [4.78, 5) is 0. The fraction of sp³-hybridized carbons (Fsp3) is 0.833. The minimum Gasteiger partial charge on any atom is -0.368 e. The van der Waals surface area contributed by atoms with E-state index in [-0.39, 0.29) is 0 Å². The van der Waals surface area contributed by atoms with Crippen LogP contribution in [0.15, 0.2) is 0 Å². The highest BCUT2D eigenvalue weighted by molar-refractivity contribution is 8.11. The monoisotopic (exact) mass is 161 g/mol. The van der Waals surface area contributed by atoms with E-state index in [1.54, 1.807) is 0 Å². The molecule has 1 aliphatic carbocycles. The van der Waals surface area contributed by atoms with Crippen molar-refractivity contribution in [2.24, 2.45) is 0 Å². The fourth-order valence-corrected chi connectivity index (χ4v) is 1.59. The minimum absolute atomic E-state index is 0.620. The molecular formula is C6H11NS2. The summed E-state index contributed by atoms with van der Waals surface area (Å²) in [5.74, 6) is 0. The van der Waals surface area contributed by atoms with Gasteiger partial charge in [-0.2, -0.15) is 0 Å². The highest BCUT2D eigenvalue weighted by atomic mass is 32.1. The first-order valence-corrected chi connectivity index (χ1v) is 4.14. The lowest BCUT2D eigenvalue weighted by atomic mass is 10.3. The summed E-state index contributed by atoms with van der Waals surface area (Å²) < 4.78 is 0.641. The van der Waals surface area contributed by atoms with Crippen LogP contribution >= 0.6 is 24.8 Å². The SMILES string of the molecule is S=C(S)NC1CCCC1. The Balaban J connectivity index is 2.19. The highest BCUT2D eigenvalue weighted by Crippen LogP contribution is 2.17. The van der Waals surface area contributed by atoms with Gasteiger partial charge in [0.25, 0.3) is 0 Å². The molecule has 0 saturated heterocycles. The number of thiocarbonyl (C=S) groups is 1. The van der Waals surface area contributed by atoms with Gasteiger partial charge in [0.15, 0.2) is 0 Å². The second-order valence-electron chi connectivity index (χ2n) is 2.43. The Labute approximate surface area is 66.6 Å². The zero-order valence-corrected chi connectivity index (χ0v) is 6.97. The van der Waals surface area contributed by atoms with Crippen molar-refractivity contribution in [1.29, 1.82) is 0 Å². The van der Waals surface area contributed by atoms with Crippen LogP contribution in [0, 0.1) is 0 Å². The highest BCUT2D eigenvalue weighted by Gasteiger charge is 2.13. The third kappa shape index (κ3) is 2.54. The van der Waals surface area contributed by atoms with Crippen molar-refractivity contribution in [1.82, 2.24) is 5.32 Å². The van der Waals surface area contributed by atoms with E-state index < -0.39 is 0 Å². The third-order valence-electron chi connectivity index (χ3n) is 1.68. The van der Waals surface area contributed by atoms with Crippen LogP contribution in [-0.4, -0.2) is 10.4 Å². The van der Waals surface area contributed by atoms with Crippen molar-refractivity contribution in [3.05, 3.63) is 0 Å². The molecule has 0 aromatic heterocycles. The van der Waals surface area contributed by atoms with Gasteiger partial charge in [-0.15, -0.1) is 12.6 Å². The molecule has 1 fully saturated rings. The Morgan fingerprint density at radius 3 is 2.44 bits per heavy atom. The van der Waals surface area contributed by atoms with Crippen LogP contribution in [-0.2, 0) is 0 Å². The summed E-state index contributed by atoms with van der Waals surface area (Å²) in [5, 5.41) is 3.14. The molecule has 0 bridgehead atoms. The van der Waals surface area contributed by atoms with Crippen molar-refractivity contribution < 1.29 is 0 Å². The van der Waals surface area contributed by atoms with Gasteiger partial charge in [0.05, 0.1) is 0 Å². The summed E-state index contributed by atoms with van der Waals surface area (Å²) in [5.41, 5.74) is 0. The first-order valence-electron chi connectivity index (χ1n) is 3.28. The molecule has 0 aliphatic heterocycles. The Hall–Kier alpha value is 0.240. The predicted molar refractivity (Wildman–Crippen MR) is 47.0 cm³/mol. The van der Waals surface area contributed by atoms with Gasteiger partial charge >= 0.3 is 0 Å². The van der Waals surface area contributed by atoms with E-state index in [0.29, 0.717) is 10.4 Å². The molecule has 0 aromatic carbocycles. The maximum atomic E-state index is 4.79. The Kier molecular flexibility index (Phi) is 2.79. The van der Waals surface area contributed by atoms with Crippen LogP contribution in [0.25, 0.3) is 0 Å². The maximum Gasteiger partial charge on any atom is 0.130 e. The molecule has 3 heteroatoms. The third-order valence-corrected chi connectivity index (χ3v) is 1.93. The fourth-order valence-electron chi connectivity index (χ4n) is 1.24. The summed E-state index contributed by atoms with van der Waals surface area (Å²) in [7, 11) is 0. The van der Waals surface area contributed by atoms with E-state index in [2.05, 4.69) is 17.9 Å². The topological polar surface area (TPSA) is 12.0 Å². The van der Waals surface area contributed by atoms with Gasteiger partial charge < -0.3 is 5.32 Å². The lowest BCUT2D eigenvalue weighted by molar-refractivity contribution is 0.639. The van der Waals surface area contributed by atoms with Crippen LogP contribution in [0.2, 0.25) is 0 Å². The van der Waals surface area contributed by atoms with Crippen molar-refractivity contribution in [3.8, 4) is 0 Å². The molecule has 0 amide bonds. The van der Waals surface area contributed by atoms with Gasteiger partial charge in [0, 0.05) is 6.04 Å². The molecule has 0 atom stereocenters. The van der Waals surface area contributed by atoms with Gasteiger partial charge in [-0.3, -0.25) is 0 Å². The molecule has 0 radical (unpaired) electrons. The van der Waals surface area contributed by atoms with E-state index in [1.807, 2.05) is 0 Å². The molecule has 0 heterocycles. The number of nitrogens with one attached hydrogen (secondary N) is 1. The summed E-state index contributed by atoms with van der Waals surface area (Å²) in [6.07, 6.45) is 5.21. The van der Waals surface area contributed by atoms with Crippen molar-refractivity contribution in [2.75, 3.05) is 0 Å². The summed E-state index contributed by atoms with van der Waals surface area (Å²) in [6, 6.07) is 0.620. The van der Waals surface area contributed by atoms with Crippen molar-refractivity contribution in [3.63, 3.8) is 0 Å². The molecule has 0 aromatic rings. The van der Waals surface area contributed by atoms with Crippen LogP contribution in [0.4, 0.5) is 0 Å². The van der Waals surface area contributed by atoms with Gasteiger partial charge in [-0.25, -0.2) is 0 Å². The van der Waals surface area contributed by atoms with Gasteiger partial charge in [-0.1, -0.05) is 25.1 Å². The van der Waals surface area contributed by atoms with Gasteiger partial charge in [0.2, 0.25) is 0 Å². The molecule has 9 heavy (non-hydrogen) atoms. The maximum absolute atomic E-state index is 4.79.